The van der Waals surface area contributed by atoms with Crippen molar-refractivity contribution in [1.82, 2.24) is 0 Å². The SMILES string of the molecule is Cc1cccc(COc2cc(F)cc(C#CCCCl)c2)c1. The van der Waals surface area contributed by atoms with E-state index in [1.54, 1.807) is 6.07 Å². The van der Waals surface area contributed by atoms with Crippen LogP contribution in [0.25, 0.3) is 0 Å². The Morgan fingerprint density at radius 1 is 1.19 bits per heavy atom. The Hall–Kier alpha value is -1.98. The second-order valence-electron chi connectivity index (χ2n) is 4.69. The maximum absolute atomic E-state index is 13.6. The van der Waals surface area contributed by atoms with E-state index in [4.69, 9.17) is 16.3 Å². The van der Waals surface area contributed by atoms with Gasteiger partial charge in [0.2, 0.25) is 0 Å². The molecule has 0 unspecified atom stereocenters. The molecule has 0 N–H and O–H groups in total. The monoisotopic (exact) mass is 302 g/mol. The van der Waals surface area contributed by atoms with Crippen molar-refractivity contribution in [3.63, 3.8) is 0 Å². The van der Waals surface area contributed by atoms with E-state index in [1.807, 2.05) is 31.2 Å². The van der Waals surface area contributed by atoms with Gasteiger partial charge in [-0.1, -0.05) is 41.7 Å². The summed E-state index contributed by atoms with van der Waals surface area (Å²) >= 11 is 5.56. The minimum atomic E-state index is -0.355. The number of ether oxygens (including phenoxy) is 1. The number of hydrogen-bond donors (Lipinski definition) is 0. The van der Waals surface area contributed by atoms with Gasteiger partial charge in [-0.3, -0.25) is 0 Å². The minimum Gasteiger partial charge on any atom is -0.489 e. The standard InChI is InChI=1S/C18H16ClFO/c1-14-5-4-7-16(9-14)13-21-18-11-15(6-2-3-8-19)10-17(20)12-18/h4-5,7,9-12H,3,8,13H2,1H3. The first-order chi connectivity index (χ1) is 10.2. The van der Waals surface area contributed by atoms with Crippen LogP contribution in [0.15, 0.2) is 42.5 Å². The Balaban J connectivity index is 2.08. The Bertz CT molecular complexity index is 670. The van der Waals surface area contributed by atoms with Crippen molar-refractivity contribution in [2.24, 2.45) is 0 Å². The molecular weight excluding hydrogens is 287 g/mol. The summed E-state index contributed by atoms with van der Waals surface area (Å²) in [5.74, 6) is 6.36. The van der Waals surface area contributed by atoms with E-state index < -0.39 is 0 Å². The van der Waals surface area contributed by atoms with Crippen LogP contribution in [0, 0.1) is 24.6 Å². The van der Waals surface area contributed by atoms with Crippen LogP contribution in [0.3, 0.4) is 0 Å². The fourth-order valence-corrected chi connectivity index (χ4v) is 1.99. The van der Waals surface area contributed by atoms with Crippen molar-refractivity contribution < 1.29 is 9.13 Å². The summed E-state index contributed by atoms with van der Waals surface area (Å²) in [6.07, 6.45) is 0.581. The van der Waals surface area contributed by atoms with E-state index in [-0.39, 0.29) is 5.82 Å². The Morgan fingerprint density at radius 3 is 2.81 bits per heavy atom. The van der Waals surface area contributed by atoms with Crippen molar-refractivity contribution in [2.75, 3.05) is 5.88 Å². The van der Waals surface area contributed by atoms with Gasteiger partial charge in [-0.25, -0.2) is 4.39 Å². The van der Waals surface area contributed by atoms with Crippen LogP contribution in [0.5, 0.6) is 5.75 Å². The molecule has 0 bridgehead atoms. The van der Waals surface area contributed by atoms with Crippen LogP contribution in [0.2, 0.25) is 0 Å². The number of halogens is 2. The van der Waals surface area contributed by atoms with Gasteiger partial charge in [-0.15, -0.1) is 11.6 Å². The molecule has 1 nitrogen and oxygen atoms in total. The van der Waals surface area contributed by atoms with Crippen molar-refractivity contribution in [3.05, 3.63) is 65.0 Å². The third kappa shape index (κ3) is 5.13. The molecule has 0 saturated carbocycles. The topological polar surface area (TPSA) is 9.23 Å². The van der Waals surface area contributed by atoms with Gasteiger partial charge in [0.05, 0.1) is 0 Å². The molecule has 0 saturated heterocycles. The van der Waals surface area contributed by atoms with Crippen LogP contribution in [-0.2, 0) is 6.61 Å². The minimum absolute atomic E-state index is 0.355. The molecule has 0 aliphatic heterocycles. The largest absolute Gasteiger partial charge is 0.489 e. The average molecular weight is 303 g/mol. The van der Waals surface area contributed by atoms with Crippen molar-refractivity contribution >= 4 is 11.6 Å². The predicted molar refractivity (Wildman–Crippen MR) is 84.1 cm³/mol. The molecule has 0 aliphatic carbocycles. The first kappa shape index (κ1) is 15.4. The van der Waals surface area contributed by atoms with Crippen LogP contribution < -0.4 is 4.74 Å². The van der Waals surface area contributed by atoms with Crippen molar-refractivity contribution in [3.8, 4) is 17.6 Å². The third-order valence-corrected chi connectivity index (χ3v) is 3.00. The fourth-order valence-electron chi connectivity index (χ4n) is 1.90. The van der Waals surface area contributed by atoms with Crippen molar-refractivity contribution in [1.29, 1.82) is 0 Å². The second kappa shape index (κ2) is 7.71. The van der Waals surface area contributed by atoms with Gasteiger partial charge in [0.15, 0.2) is 0 Å². The summed E-state index contributed by atoms with van der Waals surface area (Å²) in [6.45, 7) is 2.43. The lowest BCUT2D eigenvalue weighted by molar-refractivity contribution is 0.304. The van der Waals surface area contributed by atoms with Gasteiger partial charge in [-0.05, 0) is 24.6 Å². The molecule has 0 aliphatic rings. The highest BCUT2D eigenvalue weighted by atomic mass is 35.5. The summed E-state index contributed by atoms with van der Waals surface area (Å²) in [5.41, 5.74) is 2.82. The molecule has 3 heteroatoms. The molecule has 2 aromatic carbocycles. The summed E-state index contributed by atoms with van der Waals surface area (Å²) < 4.78 is 19.2. The predicted octanol–water partition coefficient (Wildman–Crippen LogP) is 4.69. The Labute approximate surface area is 129 Å². The van der Waals surface area contributed by atoms with E-state index in [2.05, 4.69) is 11.8 Å². The molecule has 0 radical (unpaired) electrons. The molecule has 0 atom stereocenters. The molecule has 21 heavy (non-hydrogen) atoms. The zero-order valence-electron chi connectivity index (χ0n) is 11.8. The van der Waals surface area contributed by atoms with Gasteiger partial charge < -0.3 is 4.74 Å². The quantitative estimate of drug-likeness (QED) is 0.588. The summed E-state index contributed by atoms with van der Waals surface area (Å²) in [7, 11) is 0. The molecular formula is C18H16ClFO. The zero-order chi connectivity index (χ0) is 15.1. The smallest absolute Gasteiger partial charge is 0.128 e. The molecule has 2 rings (SSSR count). The van der Waals surface area contributed by atoms with E-state index in [0.29, 0.717) is 30.2 Å². The van der Waals surface area contributed by atoms with Gasteiger partial charge >= 0.3 is 0 Å². The van der Waals surface area contributed by atoms with E-state index in [9.17, 15) is 4.39 Å². The van der Waals surface area contributed by atoms with Crippen LogP contribution in [0.1, 0.15) is 23.1 Å². The highest BCUT2D eigenvalue weighted by molar-refractivity contribution is 6.18. The molecule has 0 aromatic heterocycles. The summed E-state index contributed by atoms with van der Waals surface area (Å²) in [4.78, 5) is 0. The number of alkyl halides is 1. The highest BCUT2D eigenvalue weighted by Gasteiger charge is 2.01. The van der Waals surface area contributed by atoms with Gasteiger partial charge in [0, 0.05) is 23.9 Å². The lowest BCUT2D eigenvalue weighted by Gasteiger charge is -2.07. The summed E-state index contributed by atoms with van der Waals surface area (Å²) in [5, 5.41) is 0. The molecule has 108 valence electrons. The van der Waals surface area contributed by atoms with Gasteiger partial charge in [0.25, 0.3) is 0 Å². The number of hydrogen-bond acceptors (Lipinski definition) is 1. The number of benzene rings is 2. The molecule has 0 fully saturated rings. The van der Waals surface area contributed by atoms with Crippen LogP contribution in [0.4, 0.5) is 4.39 Å². The molecule has 0 amide bonds. The van der Waals surface area contributed by atoms with E-state index >= 15 is 0 Å². The molecule has 2 aromatic rings. The van der Waals surface area contributed by atoms with E-state index in [1.165, 1.54) is 17.7 Å². The first-order valence-electron chi connectivity index (χ1n) is 6.71. The normalized spacial score (nSPS) is 9.86. The maximum atomic E-state index is 13.6. The van der Waals surface area contributed by atoms with Gasteiger partial charge in [0.1, 0.15) is 18.2 Å². The Kier molecular flexibility index (Phi) is 5.66. The number of rotatable bonds is 4. The van der Waals surface area contributed by atoms with E-state index in [0.717, 1.165) is 5.56 Å². The third-order valence-electron chi connectivity index (χ3n) is 2.81. The van der Waals surface area contributed by atoms with Crippen molar-refractivity contribution in [2.45, 2.75) is 20.0 Å². The highest BCUT2D eigenvalue weighted by Crippen LogP contribution is 2.18. The summed E-state index contributed by atoms with van der Waals surface area (Å²) in [6, 6.07) is 12.5. The Morgan fingerprint density at radius 2 is 2.05 bits per heavy atom. The fraction of sp³-hybridized carbons (Fsp3) is 0.222. The second-order valence-corrected chi connectivity index (χ2v) is 5.07. The molecule has 0 spiro atoms. The van der Waals surface area contributed by atoms with Crippen LogP contribution >= 0.6 is 11.6 Å². The first-order valence-corrected chi connectivity index (χ1v) is 7.24. The molecule has 0 heterocycles. The van der Waals surface area contributed by atoms with Gasteiger partial charge in [-0.2, -0.15) is 0 Å². The average Bonchev–Trinajstić information content (AvgIpc) is 2.45. The zero-order valence-corrected chi connectivity index (χ0v) is 12.6. The lowest BCUT2D eigenvalue weighted by atomic mass is 10.1. The lowest BCUT2D eigenvalue weighted by Crippen LogP contribution is -1.96. The van der Waals surface area contributed by atoms with Crippen LogP contribution in [-0.4, -0.2) is 5.88 Å². The number of aryl methyl sites for hydroxylation is 1. The maximum Gasteiger partial charge on any atom is 0.128 e.